The number of amides is 2. The van der Waals surface area contributed by atoms with Gasteiger partial charge in [-0.05, 0) is 46.8 Å². The van der Waals surface area contributed by atoms with Gasteiger partial charge in [0.25, 0.3) is 5.91 Å². The first kappa shape index (κ1) is 19.0. The van der Waals surface area contributed by atoms with Crippen LogP contribution in [0.4, 0.5) is 11.4 Å². The molecule has 0 saturated heterocycles. The Morgan fingerprint density at radius 3 is 2.46 bits per heavy atom. The second-order valence-corrected chi connectivity index (χ2v) is 6.39. The second-order valence-electron chi connectivity index (χ2n) is 6.39. The number of carbonyl (C=O) groups is 2. The third-order valence-electron chi connectivity index (χ3n) is 4.02. The summed E-state index contributed by atoms with van der Waals surface area (Å²) < 4.78 is 1.58. The van der Waals surface area contributed by atoms with E-state index < -0.39 is 0 Å². The van der Waals surface area contributed by atoms with Gasteiger partial charge in [-0.25, -0.2) is 4.68 Å². The summed E-state index contributed by atoms with van der Waals surface area (Å²) in [6.45, 7) is 0.0961. The van der Waals surface area contributed by atoms with E-state index in [2.05, 4.69) is 26.2 Å². The minimum atomic E-state index is -0.197. The molecule has 28 heavy (non-hydrogen) atoms. The first-order valence-electron chi connectivity index (χ1n) is 8.62. The van der Waals surface area contributed by atoms with Gasteiger partial charge in [0.05, 0.1) is 6.54 Å². The number of nitrogens with zero attached hydrogens (tertiary/aromatic N) is 5. The van der Waals surface area contributed by atoms with Crippen LogP contribution in [0.1, 0.15) is 10.4 Å². The number of anilines is 2. The minimum absolute atomic E-state index is 0.0856. The van der Waals surface area contributed by atoms with Crippen LogP contribution in [0.15, 0.2) is 48.5 Å². The van der Waals surface area contributed by atoms with Crippen LogP contribution in [-0.4, -0.2) is 57.6 Å². The molecule has 2 amide bonds. The van der Waals surface area contributed by atoms with Gasteiger partial charge in [-0.3, -0.25) is 9.59 Å². The van der Waals surface area contributed by atoms with Gasteiger partial charge in [0.15, 0.2) is 5.82 Å². The summed E-state index contributed by atoms with van der Waals surface area (Å²) in [5.74, 6) is 0.357. The SMILES string of the molecule is CN(C)C(=O)c1ccc(NC(=O)CNc2cccc(-c3nnnn3C)c2)cc1. The Hall–Kier alpha value is -3.75. The Bertz CT molecular complexity index is 980. The lowest BCUT2D eigenvalue weighted by Gasteiger charge is -2.11. The average Bonchev–Trinajstić information content (AvgIpc) is 3.12. The maximum atomic E-state index is 12.2. The standard InChI is InChI=1S/C19H21N7O2/c1-25(2)19(28)13-7-9-15(10-8-13)21-17(27)12-20-16-6-4-5-14(11-16)18-22-23-24-26(18)3/h4-11,20H,12H2,1-3H3,(H,21,27). The Balaban J connectivity index is 1.57. The number of carbonyl (C=O) groups excluding carboxylic acids is 2. The van der Waals surface area contributed by atoms with Crippen LogP contribution in [-0.2, 0) is 11.8 Å². The normalized spacial score (nSPS) is 10.4. The summed E-state index contributed by atoms with van der Waals surface area (Å²) in [5, 5.41) is 17.3. The van der Waals surface area contributed by atoms with Crippen molar-refractivity contribution in [3.05, 3.63) is 54.1 Å². The zero-order valence-electron chi connectivity index (χ0n) is 15.9. The summed E-state index contributed by atoms with van der Waals surface area (Å²) in [5.41, 5.74) is 2.82. The lowest BCUT2D eigenvalue weighted by Crippen LogP contribution is -2.23. The van der Waals surface area contributed by atoms with Crippen molar-refractivity contribution in [1.29, 1.82) is 0 Å². The van der Waals surface area contributed by atoms with E-state index in [1.165, 1.54) is 4.90 Å². The second kappa shape index (κ2) is 8.30. The van der Waals surface area contributed by atoms with Crippen molar-refractivity contribution in [1.82, 2.24) is 25.1 Å². The zero-order chi connectivity index (χ0) is 20.1. The summed E-state index contributed by atoms with van der Waals surface area (Å²) >= 11 is 0. The quantitative estimate of drug-likeness (QED) is 0.674. The first-order chi connectivity index (χ1) is 13.4. The van der Waals surface area contributed by atoms with Gasteiger partial charge in [-0.15, -0.1) is 5.10 Å². The van der Waals surface area contributed by atoms with Crippen LogP contribution in [0.5, 0.6) is 0 Å². The molecule has 0 radical (unpaired) electrons. The van der Waals surface area contributed by atoms with Crippen molar-refractivity contribution in [2.45, 2.75) is 0 Å². The summed E-state index contributed by atoms with van der Waals surface area (Å²) in [4.78, 5) is 25.6. The van der Waals surface area contributed by atoms with Crippen LogP contribution in [0.2, 0.25) is 0 Å². The molecule has 1 heterocycles. The van der Waals surface area contributed by atoms with Crippen molar-refractivity contribution in [3.8, 4) is 11.4 Å². The van der Waals surface area contributed by atoms with Crippen molar-refractivity contribution in [3.63, 3.8) is 0 Å². The van der Waals surface area contributed by atoms with E-state index in [9.17, 15) is 9.59 Å². The molecular weight excluding hydrogens is 358 g/mol. The highest BCUT2D eigenvalue weighted by atomic mass is 16.2. The Morgan fingerprint density at radius 1 is 1.07 bits per heavy atom. The van der Waals surface area contributed by atoms with Gasteiger partial charge in [0, 0.05) is 43.6 Å². The van der Waals surface area contributed by atoms with Crippen LogP contribution in [0.25, 0.3) is 11.4 Å². The number of nitrogens with one attached hydrogen (secondary N) is 2. The third-order valence-corrected chi connectivity index (χ3v) is 4.02. The molecule has 2 aromatic carbocycles. The molecule has 2 N–H and O–H groups in total. The van der Waals surface area contributed by atoms with E-state index >= 15 is 0 Å². The van der Waals surface area contributed by atoms with E-state index in [-0.39, 0.29) is 18.4 Å². The largest absolute Gasteiger partial charge is 0.376 e. The molecule has 144 valence electrons. The number of aromatic nitrogens is 4. The van der Waals surface area contributed by atoms with E-state index in [1.54, 1.807) is 50.1 Å². The molecule has 3 aromatic rings. The molecular formula is C19H21N7O2. The molecule has 0 aliphatic rings. The van der Waals surface area contributed by atoms with E-state index in [4.69, 9.17) is 0 Å². The number of rotatable bonds is 6. The lowest BCUT2D eigenvalue weighted by atomic mass is 10.2. The molecule has 0 spiro atoms. The zero-order valence-corrected chi connectivity index (χ0v) is 15.9. The number of hydrogen-bond acceptors (Lipinski definition) is 6. The summed E-state index contributed by atoms with van der Waals surface area (Å²) in [6.07, 6.45) is 0. The maximum absolute atomic E-state index is 12.2. The van der Waals surface area contributed by atoms with Gasteiger partial charge >= 0.3 is 0 Å². The van der Waals surface area contributed by atoms with Crippen molar-refractivity contribution in [2.24, 2.45) is 7.05 Å². The fourth-order valence-electron chi connectivity index (χ4n) is 2.58. The highest BCUT2D eigenvalue weighted by Crippen LogP contribution is 2.19. The number of aryl methyl sites for hydroxylation is 1. The smallest absolute Gasteiger partial charge is 0.253 e. The van der Waals surface area contributed by atoms with E-state index in [1.807, 2.05) is 24.3 Å². The molecule has 0 aliphatic heterocycles. The number of hydrogen-bond donors (Lipinski definition) is 2. The molecule has 0 bridgehead atoms. The predicted octanol–water partition coefficient (Wildman–Crippen LogP) is 1.63. The molecule has 0 atom stereocenters. The van der Waals surface area contributed by atoms with Crippen LogP contribution in [0.3, 0.4) is 0 Å². The fourth-order valence-corrected chi connectivity index (χ4v) is 2.58. The van der Waals surface area contributed by atoms with E-state index in [0.717, 1.165) is 11.3 Å². The molecule has 0 fully saturated rings. The van der Waals surface area contributed by atoms with Gasteiger partial charge in [0.1, 0.15) is 0 Å². The van der Waals surface area contributed by atoms with Crippen molar-refractivity contribution < 1.29 is 9.59 Å². The molecule has 0 unspecified atom stereocenters. The third kappa shape index (κ3) is 4.50. The number of tetrazole rings is 1. The Kier molecular flexibility index (Phi) is 5.64. The van der Waals surface area contributed by atoms with Crippen LogP contribution < -0.4 is 10.6 Å². The van der Waals surface area contributed by atoms with Gasteiger partial charge in [-0.2, -0.15) is 0 Å². The Morgan fingerprint density at radius 2 is 1.82 bits per heavy atom. The predicted molar refractivity (Wildman–Crippen MR) is 106 cm³/mol. The van der Waals surface area contributed by atoms with Crippen molar-refractivity contribution in [2.75, 3.05) is 31.3 Å². The molecule has 3 rings (SSSR count). The summed E-state index contributed by atoms with van der Waals surface area (Å²) in [7, 11) is 5.15. The minimum Gasteiger partial charge on any atom is -0.376 e. The maximum Gasteiger partial charge on any atom is 0.253 e. The Labute approximate surface area is 162 Å². The fraction of sp³-hybridized carbons (Fsp3) is 0.211. The summed E-state index contributed by atoms with van der Waals surface area (Å²) in [6, 6.07) is 14.3. The average molecular weight is 379 g/mol. The topological polar surface area (TPSA) is 105 Å². The van der Waals surface area contributed by atoms with Crippen LogP contribution >= 0.6 is 0 Å². The van der Waals surface area contributed by atoms with Crippen molar-refractivity contribution >= 4 is 23.2 Å². The molecule has 0 aliphatic carbocycles. The number of benzene rings is 2. The van der Waals surface area contributed by atoms with E-state index in [0.29, 0.717) is 17.1 Å². The monoisotopic (exact) mass is 379 g/mol. The van der Waals surface area contributed by atoms with Gasteiger partial charge in [-0.1, -0.05) is 12.1 Å². The highest BCUT2D eigenvalue weighted by molar-refractivity contribution is 5.96. The lowest BCUT2D eigenvalue weighted by molar-refractivity contribution is -0.114. The molecule has 1 aromatic heterocycles. The van der Waals surface area contributed by atoms with Crippen LogP contribution in [0, 0.1) is 0 Å². The molecule has 9 nitrogen and oxygen atoms in total. The van der Waals surface area contributed by atoms with Gasteiger partial charge < -0.3 is 15.5 Å². The molecule has 0 saturated carbocycles. The highest BCUT2D eigenvalue weighted by Gasteiger charge is 2.09. The molecule has 9 heteroatoms. The first-order valence-corrected chi connectivity index (χ1v) is 8.62. The van der Waals surface area contributed by atoms with Gasteiger partial charge in [0.2, 0.25) is 5.91 Å².